The van der Waals surface area contributed by atoms with Crippen LogP contribution in [0.4, 0.5) is 21.8 Å². The van der Waals surface area contributed by atoms with Gasteiger partial charge in [0.2, 0.25) is 16.0 Å². The fourth-order valence-corrected chi connectivity index (χ4v) is 3.68. The van der Waals surface area contributed by atoms with Gasteiger partial charge >= 0.3 is 0 Å². The quantitative estimate of drug-likeness (QED) is 0.447. The van der Waals surface area contributed by atoms with Gasteiger partial charge in [0.05, 0.1) is 10.6 Å². The molecule has 30 heavy (non-hydrogen) atoms. The SMILES string of the molecule is CC(C)c1cc(Nc2ccc(F)cc2)nc(NCCNS(=O)(=O)c2ccccc2)n1. The molecule has 9 heteroatoms. The highest BCUT2D eigenvalue weighted by Crippen LogP contribution is 2.21. The standard InChI is InChI=1S/C21H24FN5O2S/c1-15(2)19-14-20(25-17-10-8-16(22)9-11-17)27-21(26-19)23-12-13-24-30(28,29)18-6-4-3-5-7-18/h3-11,14-15,24H,12-13H2,1-2H3,(H2,23,25,26,27). The Labute approximate surface area is 175 Å². The van der Waals surface area contributed by atoms with Crippen LogP contribution in [-0.4, -0.2) is 31.5 Å². The van der Waals surface area contributed by atoms with Crippen molar-refractivity contribution >= 4 is 27.5 Å². The van der Waals surface area contributed by atoms with Crippen LogP contribution in [0.1, 0.15) is 25.5 Å². The fourth-order valence-electron chi connectivity index (χ4n) is 2.63. The summed E-state index contributed by atoms with van der Waals surface area (Å²) < 4.78 is 40.2. The topological polar surface area (TPSA) is 96.0 Å². The Bertz CT molecular complexity index is 1070. The predicted molar refractivity (Wildman–Crippen MR) is 116 cm³/mol. The Kier molecular flexibility index (Phi) is 6.96. The first kappa shape index (κ1) is 21.7. The molecule has 0 aliphatic heterocycles. The molecule has 0 radical (unpaired) electrons. The Morgan fingerprint density at radius 2 is 1.67 bits per heavy atom. The Hall–Kier alpha value is -3.04. The monoisotopic (exact) mass is 429 g/mol. The first-order valence-corrected chi connectivity index (χ1v) is 11.0. The maximum absolute atomic E-state index is 13.1. The summed E-state index contributed by atoms with van der Waals surface area (Å²) in [5.74, 6) is 0.794. The number of nitrogens with one attached hydrogen (secondary N) is 3. The first-order chi connectivity index (χ1) is 14.3. The van der Waals surface area contributed by atoms with Crippen molar-refractivity contribution in [1.82, 2.24) is 14.7 Å². The third-order valence-electron chi connectivity index (χ3n) is 4.21. The van der Waals surface area contributed by atoms with Crippen LogP contribution in [-0.2, 0) is 10.0 Å². The normalized spacial score (nSPS) is 11.5. The molecule has 1 aromatic heterocycles. The van der Waals surface area contributed by atoms with E-state index in [1.165, 1.54) is 12.1 Å². The summed E-state index contributed by atoms with van der Waals surface area (Å²) in [6.45, 7) is 4.51. The number of benzene rings is 2. The van der Waals surface area contributed by atoms with Crippen LogP contribution < -0.4 is 15.4 Å². The number of hydrogen-bond donors (Lipinski definition) is 3. The minimum atomic E-state index is -3.56. The van der Waals surface area contributed by atoms with E-state index in [2.05, 4.69) is 25.3 Å². The molecule has 0 bridgehead atoms. The van der Waals surface area contributed by atoms with Crippen LogP contribution in [0.15, 0.2) is 65.6 Å². The van der Waals surface area contributed by atoms with Gasteiger partial charge in [-0.3, -0.25) is 0 Å². The van der Waals surface area contributed by atoms with Crippen molar-refractivity contribution in [3.05, 3.63) is 72.2 Å². The summed E-state index contributed by atoms with van der Waals surface area (Å²) in [7, 11) is -3.56. The van der Waals surface area contributed by atoms with Gasteiger partial charge in [-0.15, -0.1) is 0 Å². The zero-order valence-corrected chi connectivity index (χ0v) is 17.6. The molecule has 0 saturated heterocycles. The minimum Gasteiger partial charge on any atom is -0.353 e. The highest BCUT2D eigenvalue weighted by molar-refractivity contribution is 7.89. The summed E-state index contributed by atoms with van der Waals surface area (Å²) in [6, 6.07) is 16.0. The molecule has 0 spiro atoms. The maximum Gasteiger partial charge on any atom is 0.240 e. The van der Waals surface area contributed by atoms with E-state index in [-0.39, 0.29) is 23.2 Å². The van der Waals surface area contributed by atoms with E-state index in [4.69, 9.17) is 0 Å². The van der Waals surface area contributed by atoms with Gasteiger partial charge in [-0.05, 0) is 42.3 Å². The molecule has 3 rings (SSSR count). The fraction of sp³-hybridized carbons (Fsp3) is 0.238. The van der Waals surface area contributed by atoms with Crippen molar-refractivity contribution in [3.63, 3.8) is 0 Å². The first-order valence-electron chi connectivity index (χ1n) is 9.53. The lowest BCUT2D eigenvalue weighted by atomic mass is 10.1. The molecule has 0 amide bonds. The van der Waals surface area contributed by atoms with Gasteiger partial charge in [-0.25, -0.2) is 22.5 Å². The number of sulfonamides is 1. The van der Waals surface area contributed by atoms with Crippen LogP contribution in [0.5, 0.6) is 0 Å². The lowest BCUT2D eigenvalue weighted by molar-refractivity contribution is 0.583. The molecular formula is C21H24FN5O2S. The Balaban J connectivity index is 1.65. The van der Waals surface area contributed by atoms with Gasteiger partial charge in [-0.2, -0.15) is 4.98 Å². The van der Waals surface area contributed by atoms with Crippen molar-refractivity contribution in [2.45, 2.75) is 24.7 Å². The predicted octanol–water partition coefficient (Wildman–Crippen LogP) is 3.87. The molecule has 3 aromatic rings. The van der Waals surface area contributed by atoms with E-state index >= 15 is 0 Å². The van der Waals surface area contributed by atoms with Gasteiger partial charge in [-0.1, -0.05) is 32.0 Å². The van der Waals surface area contributed by atoms with E-state index in [1.54, 1.807) is 42.5 Å². The molecule has 3 N–H and O–H groups in total. The number of anilines is 3. The van der Waals surface area contributed by atoms with Crippen LogP contribution in [0.2, 0.25) is 0 Å². The highest BCUT2D eigenvalue weighted by atomic mass is 32.2. The van der Waals surface area contributed by atoms with Crippen molar-refractivity contribution in [1.29, 1.82) is 0 Å². The second-order valence-electron chi connectivity index (χ2n) is 6.93. The van der Waals surface area contributed by atoms with Crippen LogP contribution >= 0.6 is 0 Å². The van der Waals surface area contributed by atoms with E-state index in [0.717, 1.165) is 5.69 Å². The van der Waals surface area contributed by atoms with Crippen molar-refractivity contribution in [2.24, 2.45) is 0 Å². The molecule has 2 aromatic carbocycles. The van der Waals surface area contributed by atoms with E-state index in [9.17, 15) is 12.8 Å². The maximum atomic E-state index is 13.1. The average molecular weight is 430 g/mol. The lowest BCUT2D eigenvalue weighted by Gasteiger charge is -2.13. The molecule has 0 unspecified atom stereocenters. The summed E-state index contributed by atoms with van der Waals surface area (Å²) in [5, 5.41) is 6.18. The molecule has 0 atom stereocenters. The van der Waals surface area contributed by atoms with Crippen molar-refractivity contribution in [2.75, 3.05) is 23.7 Å². The smallest absolute Gasteiger partial charge is 0.240 e. The highest BCUT2D eigenvalue weighted by Gasteiger charge is 2.13. The third-order valence-corrected chi connectivity index (χ3v) is 5.68. The zero-order valence-electron chi connectivity index (χ0n) is 16.8. The molecule has 7 nitrogen and oxygen atoms in total. The lowest BCUT2D eigenvalue weighted by Crippen LogP contribution is -2.29. The average Bonchev–Trinajstić information content (AvgIpc) is 2.73. The zero-order chi connectivity index (χ0) is 21.6. The molecule has 0 aliphatic rings. The van der Waals surface area contributed by atoms with Crippen LogP contribution in [0.3, 0.4) is 0 Å². The molecule has 1 heterocycles. The summed E-state index contributed by atoms with van der Waals surface area (Å²) >= 11 is 0. The van der Waals surface area contributed by atoms with E-state index < -0.39 is 10.0 Å². The van der Waals surface area contributed by atoms with Gasteiger partial charge in [0, 0.05) is 24.8 Å². The number of nitrogens with zero attached hydrogens (tertiary/aromatic N) is 2. The number of halogens is 1. The number of hydrogen-bond acceptors (Lipinski definition) is 6. The minimum absolute atomic E-state index is 0.166. The van der Waals surface area contributed by atoms with Gasteiger partial charge in [0.1, 0.15) is 11.6 Å². The molecular weight excluding hydrogens is 405 g/mol. The van der Waals surface area contributed by atoms with Gasteiger partial charge in [0.15, 0.2) is 0 Å². The summed E-state index contributed by atoms with van der Waals surface area (Å²) in [6.07, 6.45) is 0. The molecule has 0 aliphatic carbocycles. The second-order valence-corrected chi connectivity index (χ2v) is 8.69. The largest absolute Gasteiger partial charge is 0.353 e. The van der Waals surface area contributed by atoms with Gasteiger partial charge in [0.25, 0.3) is 0 Å². The van der Waals surface area contributed by atoms with Gasteiger partial charge < -0.3 is 10.6 Å². The van der Waals surface area contributed by atoms with Crippen LogP contribution in [0.25, 0.3) is 0 Å². The summed E-state index contributed by atoms with van der Waals surface area (Å²) in [5.41, 5.74) is 1.52. The molecule has 0 saturated carbocycles. The number of rotatable bonds is 9. The van der Waals surface area contributed by atoms with E-state index in [1.807, 2.05) is 19.9 Å². The second kappa shape index (κ2) is 9.64. The molecule has 158 valence electrons. The Morgan fingerprint density at radius 3 is 2.33 bits per heavy atom. The van der Waals surface area contributed by atoms with E-state index in [0.29, 0.717) is 24.0 Å². The third kappa shape index (κ3) is 5.98. The van der Waals surface area contributed by atoms with Crippen molar-refractivity contribution < 1.29 is 12.8 Å². The summed E-state index contributed by atoms with van der Waals surface area (Å²) in [4.78, 5) is 9.12. The molecule has 0 fully saturated rings. The Morgan fingerprint density at radius 1 is 0.967 bits per heavy atom. The van der Waals surface area contributed by atoms with Crippen LogP contribution in [0, 0.1) is 5.82 Å². The number of aromatic nitrogens is 2. The van der Waals surface area contributed by atoms with Crippen molar-refractivity contribution in [3.8, 4) is 0 Å².